The van der Waals surface area contributed by atoms with E-state index >= 15 is 0 Å². The maximum Gasteiger partial charge on any atom is 0.0681 e. The van der Waals surface area contributed by atoms with E-state index in [-0.39, 0.29) is 6.61 Å². The summed E-state index contributed by atoms with van der Waals surface area (Å²) >= 11 is 0. The van der Waals surface area contributed by atoms with Crippen molar-refractivity contribution in [3.05, 3.63) is 70.8 Å². The third-order valence-electron chi connectivity index (χ3n) is 4.12. The summed E-state index contributed by atoms with van der Waals surface area (Å²) in [5.41, 5.74) is 5.22. The Bertz CT molecular complexity index is 579. The van der Waals surface area contributed by atoms with Crippen LogP contribution in [0, 0.1) is 0 Å². The van der Waals surface area contributed by atoms with Crippen molar-refractivity contribution in [3.63, 3.8) is 0 Å². The van der Waals surface area contributed by atoms with Gasteiger partial charge in [-0.15, -0.1) is 0 Å². The van der Waals surface area contributed by atoms with Gasteiger partial charge in [0, 0.05) is 12.6 Å². The highest BCUT2D eigenvalue weighted by molar-refractivity contribution is 5.30. The van der Waals surface area contributed by atoms with Crippen LogP contribution in [0.4, 0.5) is 0 Å². The number of aliphatic hydroxyl groups excluding tert-OH is 1. The van der Waals surface area contributed by atoms with Gasteiger partial charge in [-0.1, -0.05) is 48.5 Å². The van der Waals surface area contributed by atoms with Crippen LogP contribution < -0.4 is 5.32 Å². The van der Waals surface area contributed by atoms with Crippen LogP contribution in [0.1, 0.15) is 28.7 Å². The molecule has 1 atom stereocenters. The fourth-order valence-corrected chi connectivity index (χ4v) is 2.97. The van der Waals surface area contributed by atoms with E-state index in [9.17, 15) is 0 Å². The number of aliphatic hydroxyl groups is 1. The van der Waals surface area contributed by atoms with Crippen molar-refractivity contribution in [2.45, 2.75) is 38.5 Å². The zero-order valence-electron chi connectivity index (χ0n) is 11.7. The lowest BCUT2D eigenvalue weighted by Gasteiger charge is -2.25. The summed E-state index contributed by atoms with van der Waals surface area (Å²) in [6.45, 7) is 0.991. The number of hydrogen-bond donors (Lipinski definition) is 2. The van der Waals surface area contributed by atoms with Crippen LogP contribution in [-0.2, 0) is 26.0 Å². The van der Waals surface area contributed by atoms with E-state index in [1.54, 1.807) is 0 Å². The fourth-order valence-electron chi connectivity index (χ4n) is 2.97. The van der Waals surface area contributed by atoms with Crippen molar-refractivity contribution in [2.24, 2.45) is 0 Å². The number of benzene rings is 2. The molecule has 0 saturated carbocycles. The van der Waals surface area contributed by atoms with E-state index in [1.165, 1.54) is 29.5 Å². The SMILES string of the molecule is OCc1cccc(CNC2CCc3ccccc3C2)c1. The number of fused-ring (bicyclic) bond motifs is 1. The molecule has 0 heterocycles. The quantitative estimate of drug-likeness (QED) is 0.893. The molecular formula is C18H21NO. The van der Waals surface area contributed by atoms with Crippen LogP contribution in [0.3, 0.4) is 0 Å². The molecule has 104 valence electrons. The highest BCUT2D eigenvalue weighted by Crippen LogP contribution is 2.21. The van der Waals surface area contributed by atoms with E-state index in [1.807, 2.05) is 12.1 Å². The van der Waals surface area contributed by atoms with E-state index in [0.29, 0.717) is 6.04 Å². The Balaban J connectivity index is 1.60. The largest absolute Gasteiger partial charge is 0.392 e. The fraction of sp³-hybridized carbons (Fsp3) is 0.333. The van der Waals surface area contributed by atoms with Crippen LogP contribution in [0.15, 0.2) is 48.5 Å². The summed E-state index contributed by atoms with van der Waals surface area (Å²) in [4.78, 5) is 0. The lowest BCUT2D eigenvalue weighted by molar-refractivity contribution is 0.281. The first-order valence-corrected chi connectivity index (χ1v) is 7.34. The first-order valence-electron chi connectivity index (χ1n) is 7.34. The van der Waals surface area contributed by atoms with Crippen molar-refractivity contribution in [3.8, 4) is 0 Å². The molecule has 1 aliphatic rings. The van der Waals surface area contributed by atoms with E-state index in [4.69, 9.17) is 5.11 Å². The zero-order valence-corrected chi connectivity index (χ0v) is 11.7. The minimum atomic E-state index is 0.116. The normalized spacial score (nSPS) is 17.8. The molecule has 2 nitrogen and oxygen atoms in total. The monoisotopic (exact) mass is 267 g/mol. The Morgan fingerprint density at radius 1 is 1.00 bits per heavy atom. The van der Waals surface area contributed by atoms with Crippen LogP contribution in [0.25, 0.3) is 0 Å². The number of aryl methyl sites for hydroxylation is 1. The number of rotatable bonds is 4. The minimum absolute atomic E-state index is 0.116. The average Bonchev–Trinajstić information content (AvgIpc) is 2.53. The first-order chi connectivity index (χ1) is 9.85. The summed E-state index contributed by atoms with van der Waals surface area (Å²) < 4.78 is 0. The van der Waals surface area contributed by atoms with Crippen molar-refractivity contribution in [1.82, 2.24) is 5.32 Å². The zero-order chi connectivity index (χ0) is 13.8. The Morgan fingerprint density at radius 3 is 2.65 bits per heavy atom. The molecular weight excluding hydrogens is 246 g/mol. The number of nitrogens with one attached hydrogen (secondary N) is 1. The summed E-state index contributed by atoms with van der Waals surface area (Å²) in [7, 11) is 0. The highest BCUT2D eigenvalue weighted by Gasteiger charge is 2.17. The molecule has 20 heavy (non-hydrogen) atoms. The predicted molar refractivity (Wildman–Crippen MR) is 81.5 cm³/mol. The Morgan fingerprint density at radius 2 is 1.80 bits per heavy atom. The molecule has 0 fully saturated rings. The molecule has 0 aliphatic heterocycles. The second kappa shape index (κ2) is 6.21. The van der Waals surface area contributed by atoms with Crippen LogP contribution in [-0.4, -0.2) is 11.1 Å². The molecule has 0 bridgehead atoms. The van der Waals surface area contributed by atoms with Gasteiger partial charge in [0.2, 0.25) is 0 Å². The maximum absolute atomic E-state index is 9.17. The molecule has 3 rings (SSSR count). The minimum Gasteiger partial charge on any atom is -0.392 e. The maximum atomic E-state index is 9.17. The second-order valence-electron chi connectivity index (χ2n) is 5.57. The van der Waals surface area contributed by atoms with Gasteiger partial charge in [0.15, 0.2) is 0 Å². The second-order valence-corrected chi connectivity index (χ2v) is 5.57. The molecule has 0 saturated heterocycles. The standard InChI is InChI=1S/C18H21NO/c20-13-15-5-3-4-14(10-15)12-19-18-9-8-16-6-1-2-7-17(16)11-18/h1-7,10,18-20H,8-9,11-13H2. The average molecular weight is 267 g/mol. The van der Waals surface area contributed by atoms with E-state index < -0.39 is 0 Å². The predicted octanol–water partition coefficient (Wildman–Crippen LogP) is 2.83. The topological polar surface area (TPSA) is 32.3 Å². The third-order valence-corrected chi connectivity index (χ3v) is 4.12. The summed E-state index contributed by atoms with van der Waals surface area (Å²) in [5.74, 6) is 0. The van der Waals surface area contributed by atoms with Gasteiger partial charge in [0.1, 0.15) is 0 Å². The van der Waals surface area contributed by atoms with Gasteiger partial charge in [-0.25, -0.2) is 0 Å². The van der Waals surface area contributed by atoms with Gasteiger partial charge in [-0.2, -0.15) is 0 Å². The molecule has 0 amide bonds. The van der Waals surface area contributed by atoms with Crippen LogP contribution in [0.5, 0.6) is 0 Å². The number of hydrogen-bond acceptors (Lipinski definition) is 2. The van der Waals surface area contributed by atoms with Gasteiger partial charge in [-0.3, -0.25) is 0 Å². The Kier molecular flexibility index (Phi) is 4.14. The van der Waals surface area contributed by atoms with Gasteiger partial charge < -0.3 is 10.4 Å². The van der Waals surface area contributed by atoms with Crippen molar-refractivity contribution in [1.29, 1.82) is 0 Å². The van der Waals surface area contributed by atoms with Crippen LogP contribution in [0.2, 0.25) is 0 Å². The van der Waals surface area contributed by atoms with Crippen molar-refractivity contribution in [2.75, 3.05) is 0 Å². The molecule has 0 aromatic heterocycles. The Labute approximate surface area is 120 Å². The summed E-state index contributed by atoms with van der Waals surface area (Å²) in [6, 6.07) is 17.5. The molecule has 1 unspecified atom stereocenters. The van der Waals surface area contributed by atoms with E-state index in [2.05, 4.69) is 41.7 Å². The third kappa shape index (κ3) is 3.09. The van der Waals surface area contributed by atoms with Gasteiger partial charge in [0.25, 0.3) is 0 Å². The molecule has 0 spiro atoms. The lowest BCUT2D eigenvalue weighted by Crippen LogP contribution is -2.34. The first kappa shape index (κ1) is 13.3. The summed E-state index contributed by atoms with van der Waals surface area (Å²) in [5, 5.41) is 12.8. The van der Waals surface area contributed by atoms with E-state index in [0.717, 1.165) is 18.5 Å². The highest BCUT2D eigenvalue weighted by atomic mass is 16.3. The lowest BCUT2D eigenvalue weighted by atomic mass is 9.88. The van der Waals surface area contributed by atoms with Gasteiger partial charge >= 0.3 is 0 Å². The molecule has 0 radical (unpaired) electrons. The summed E-state index contributed by atoms with van der Waals surface area (Å²) in [6.07, 6.45) is 3.50. The molecule has 2 heteroatoms. The van der Waals surface area contributed by atoms with Crippen molar-refractivity contribution >= 4 is 0 Å². The Hall–Kier alpha value is -1.64. The van der Waals surface area contributed by atoms with Crippen LogP contribution >= 0.6 is 0 Å². The smallest absolute Gasteiger partial charge is 0.0681 e. The van der Waals surface area contributed by atoms with Gasteiger partial charge in [-0.05, 0) is 41.5 Å². The molecule has 1 aliphatic carbocycles. The van der Waals surface area contributed by atoms with Gasteiger partial charge in [0.05, 0.1) is 6.61 Å². The molecule has 2 N–H and O–H groups in total. The van der Waals surface area contributed by atoms with Crippen molar-refractivity contribution < 1.29 is 5.11 Å². The molecule has 2 aromatic rings. The molecule has 2 aromatic carbocycles.